The molecule has 5 unspecified atom stereocenters. The van der Waals surface area contributed by atoms with Crippen molar-refractivity contribution in [3.8, 4) is 0 Å². The zero-order chi connectivity index (χ0) is 13.2. The van der Waals surface area contributed by atoms with Crippen molar-refractivity contribution in [1.29, 1.82) is 0 Å². The van der Waals surface area contributed by atoms with Gasteiger partial charge in [0.15, 0.2) is 0 Å². The maximum atomic E-state index is 12.1. The van der Waals surface area contributed by atoms with Crippen LogP contribution in [0.15, 0.2) is 0 Å². The Bertz CT molecular complexity index is 333. The third-order valence-electron chi connectivity index (χ3n) is 5.71. The van der Waals surface area contributed by atoms with Crippen LogP contribution in [-0.2, 0) is 4.79 Å². The van der Waals surface area contributed by atoms with Gasteiger partial charge in [-0.25, -0.2) is 0 Å². The standard InChI is InChI=1S/C16H26BrNO/c17-15-4-2-1-3-13(15)10-18-16(19)9-14-8-11-5-6-12(14)7-11/h11-15H,1-10H2,(H,18,19). The second-order valence-electron chi connectivity index (χ2n) is 7.00. The first kappa shape index (κ1) is 13.9. The Balaban J connectivity index is 1.39. The predicted molar refractivity (Wildman–Crippen MR) is 81.2 cm³/mol. The van der Waals surface area contributed by atoms with Gasteiger partial charge < -0.3 is 5.32 Å². The number of hydrogen-bond acceptors (Lipinski definition) is 1. The highest BCUT2D eigenvalue weighted by Crippen LogP contribution is 2.49. The topological polar surface area (TPSA) is 29.1 Å². The summed E-state index contributed by atoms with van der Waals surface area (Å²) >= 11 is 3.77. The Labute approximate surface area is 125 Å². The molecule has 2 nitrogen and oxygen atoms in total. The van der Waals surface area contributed by atoms with Crippen LogP contribution < -0.4 is 5.32 Å². The molecular formula is C16H26BrNO. The van der Waals surface area contributed by atoms with E-state index in [1.807, 2.05) is 0 Å². The Morgan fingerprint density at radius 2 is 1.89 bits per heavy atom. The zero-order valence-electron chi connectivity index (χ0n) is 11.7. The number of alkyl halides is 1. The molecule has 3 aliphatic carbocycles. The van der Waals surface area contributed by atoms with Crippen LogP contribution in [0.1, 0.15) is 57.8 Å². The molecule has 0 saturated heterocycles. The second-order valence-corrected chi connectivity index (χ2v) is 8.18. The molecule has 3 heteroatoms. The molecule has 1 amide bonds. The maximum Gasteiger partial charge on any atom is 0.220 e. The van der Waals surface area contributed by atoms with Crippen molar-refractivity contribution >= 4 is 21.8 Å². The fourth-order valence-corrected chi connectivity index (χ4v) is 5.35. The molecule has 3 rings (SSSR count). The summed E-state index contributed by atoms with van der Waals surface area (Å²) in [6.07, 6.45) is 11.5. The molecule has 0 radical (unpaired) electrons. The molecule has 2 bridgehead atoms. The van der Waals surface area contributed by atoms with Crippen molar-refractivity contribution in [1.82, 2.24) is 5.32 Å². The smallest absolute Gasteiger partial charge is 0.220 e. The lowest BCUT2D eigenvalue weighted by Crippen LogP contribution is -2.35. The number of amides is 1. The van der Waals surface area contributed by atoms with Crippen LogP contribution in [0.5, 0.6) is 0 Å². The number of carbonyl (C=O) groups is 1. The Kier molecular flexibility index (Phi) is 4.51. The molecule has 0 aromatic rings. The SMILES string of the molecule is O=C(CC1CC2CCC1C2)NCC1CCCCC1Br. The van der Waals surface area contributed by atoms with E-state index in [1.54, 1.807) is 0 Å². The largest absolute Gasteiger partial charge is 0.356 e. The third kappa shape index (κ3) is 3.34. The molecule has 0 spiro atoms. The quantitative estimate of drug-likeness (QED) is 0.780. The van der Waals surface area contributed by atoms with Crippen LogP contribution in [0, 0.1) is 23.7 Å². The molecule has 0 aromatic heterocycles. The van der Waals surface area contributed by atoms with E-state index in [0.717, 1.165) is 24.8 Å². The highest BCUT2D eigenvalue weighted by molar-refractivity contribution is 9.09. The summed E-state index contributed by atoms with van der Waals surface area (Å²) in [4.78, 5) is 12.7. The van der Waals surface area contributed by atoms with Gasteiger partial charge >= 0.3 is 0 Å². The fourth-order valence-electron chi connectivity index (χ4n) is 4.57. The molecule has 3 fully saturated rings. The van der Waals surface area contributed by atoms with Gasteiger partial charge in [-0.15, -0.1) is 0 Å². The van der Waals surface area contributed by atoms with Gasteiger partial charge in [0, 0.05) is 17.8 Å². The summed E-state index contributed by atoms with van der Waals surface area (Å²) in [5.41, 5.74) is 0. The minimum Gasteiger partial charge on any atom is -0.356 e. The molecule has 0 aromatic carbocycles. The highest BCUT2D eigenvalue weighted by Gasteiger charge is 2.40. The maximum absolute atomic E-state index is 12.1. The van der Waals surface area contributed by atoms with Crippen LogP contribution in [0.3, 0.4) is 0 Å². The van der Waals surface area contributed by atoms with E-state index in [9.17, 15) is 4.79 Å². The summed E-state index contributed by atoms with van der Waals surface area (Å²) < 4.78 is 0. The van der Waals surface area contributed by atoms with Gasteiger partial charge in [-0.3, -0.25) is 4.79 Å². The van der Waals surface area contributed by atoms with E-state index < -0.39 is 0 Å². The van der Waals surface area contributed by atoms with Crippen LogP contribution in [0.4, 0.5) is 0 Å². The molecule has 3 saturated carbocycles. The van der Waals surface area contributed by atoms with E-state index >= 15 is 0 Å². The average molecular weight is 328 g/mol. The van der Waals surface area contributed by atoms with Crippen molar-refractivity contribution in [3.63, 3.8) is 0 Å². The number of carbonyl (C=O) groups excluding carboxylic acids is 1. The zero-order valence-corrected chi connectivity index (χ0v) is 13.3. The number of rotatable bonds is 4. The predicted octanol–water partition coefficient (Wildman–Crippen LogP) is 3.88. The third-order valence-corrected chi connectivity index (χ3v) is 6.92. The summed E-state index contributed by atoms with van der Waals surface area (Å²) in [6.45, 7) is 0.884. The minimum atomic E-state index is 0.308. The van der Waals surface area contributed by atoms with Crippen LogP contribution in [-0.4, -0.2) is 17.3 Å². The highest BCUT2D eigenvalue weighted by atomic mass is 79.9. The summed E-state index contributed by atoms with van der Waals surface area (Å²) in [7, 11) is 0. The van der Waals surface area contributed by atoms with Gasteiger partial charge in [0.25, 0.3) is 0 Å². The van der Waals surface area contributed by atoms with Crippen molar-refractivity contribution < 1.29 is 4.79 Å². The van der Waals surface area contributed by atoms with Gasteiger partial charge in [-0.1, -0.05) is 35.2 Å². The van der Waals surface area contributed by atoms with Crippen molar-refractivity contribution in [2.24, 2.45) is 23.7 Å². The van der Waals surface area contributed by atoms with Gasteiger partial charge in [0.1, 0.15) is 0 Å². The number of hydrogen-bond donors (Lipinski definition) is 1. The lowest BCUT2D eigenvalue weighted by Gasteiger charge is -2.28. The van der Waals surface area contributed by atoms with E-state index in [0.29, 0.717) is 22.6 Å². The van der Waals surface area contributed by atoms with E-state index in [-0.39, 0.29) is 0 Å². The van der Waals surface area contributed by atoms with Gasteiger partial charge in [-0.2, -0.15) is 0 Å². The lowest BCUT2D eigenvalue weighted by molar-refractivity contribution is -0.122. The second kappa shape index (κ2) is 6.15. The van der Waals surface area contributed by atoms with Crippen molar-refractivity contribution in [2.45, 2.75) is 62.6 Å². The number of nitrogens with one attached hydrogen (secondary N) is 1. The summed E-state index contributed by atoms with van der Waals surface area (Å²) in [5.74, 6) is 3.48. The molecule has 1 N–H and O–H groups in total. The van der Waals surface area contributed by atoms with Crippen molar-refractivity contribution in [2.75, 3.05) is 6.54 Å². The van der Waals surface area contributed by atoms with Crippen LogP contribution in [0.25, 0.3) is 0 Å². The van der Waals surface area contributed by atoms with Gasteiger partial charge in [0.05, 0.1) is 0 Å². The van der Waals surface area contributed by atoms with Gasteiger partial charge in [0.2, 0.25) is 5.91 Å². The molecule has 19 heavy (non-hydrogen) atoms. The van der Waals surface area contributed by atoms with E-state index in [4.69, 9.17) is 0 Å². The normalized spacial score (nSPS) is 41.4. The molecule has 3 aliphatic rings. The first-order valence-corrected chi connectivity index (χ1v) is 9.04. The lowest BCUT2D eigenvalue weighted by atomic mass is 9.86. The van der Waals surface area contributed by atoms with E-state index in [2.05, 4.69) is 21.2 Å². The molecule has 5 atom stereocenters. The monoisotopic (exact) mass is 327 g/mol. The molecule has 0 aliphatic heterocycles. The number of fused-ring (bicyclic) bond motifs is 2. The van der Waals surface area contributed by atoms with E-state index in [1.165, 1.54) is 51.4 Å². The Hall–Kier alpha value is -0.0500. The minimum absolute atomic E-state index is 0.308. The first-order valence-electron chi connectivity index (χ1n) is 8.13. The fraction of sp³-hybridized carbons (Fsp3) is 0.938. The summed E-state index contributed by atoms with van der Waals surface area (Å²) in [6, 6.07) is 0. The molecule has 108 valence electrons. The van der Waals surface area contributed by atoms with Gasteiger partial charge in [-0.05, 0) is 55.8 Å². The molecule has 0 heterocycles. The van der Waals surface area contributed by atoms with Crippen LogP contribution >= 0.6 is 15.9 Å². The Morgan fingerprint density at radius 1 is 1.05 bits per heavy atom. The number of halogens is 1. The Morgan fingerprint density at radius 3 is 2.58 bits per heavy atom. The molecular weight excluding hydrogens is 302 g/mol. The summed E-state index contributed by atoms with van der Waals surface area (Å²) in [5, 5.41) is 3.20. The van der Waals surface area contributed by atoms with Crippen molar-refractivity contribution in [3.05, 3.63) is 0 Å². The van der Waals surface area contributed by atoms with Crippen LogP contribution in [0.2, 0.25) is 0 Å². The first-order chi connectivity index (χ1) is 9.22. The average Bonchev–Trinajstić information content (AvgIpc) is 3.00.